The van der Waals surface area contributed by atoms with Gasteiger partial charge in [0, 0.05) is 49.2 Å². The molecule has 10 nitrogen and oxygen atoms in total. The molecule has 0 bridgehead atoms. The molecular weight excluding hydrogens is 481 g/mol. The maximum atomic E-state index is 14.8. The smallest absolute Gasteiger partial charge is 0.372 e. The number of rotatable bonds is 6. The molecule has 2 heterocycles. The van der Waals surface area contributed by atoms with Crippen LogP contribution in [0.5, 0.6) is 0 Å². The van der Waals surface area contributed by atoms with Crippen molar-refractivity contribution in [1.29, 1.82) is 0 Å². The van der Waals surface area contributed by atoms with Gasteiger partial charge in [0.2, 0.25) is 11.7 Å². The van der Waals surface area contributed by atoms with Gasteiger partial charge >= 0.3 is 12.0 Å². The number of aromatic carboxylic acids is 1. The molecule has 1 fully saturated rings. The van der Waals surface area contributed by atoms with Crippen molar-refractivity contribution >= 4 is 40.9 Å². The fourth-order valence-electron chi connectivity index (χ4n) is 3.81. The van der Waals surface area contributed by atoms with Crippen LogP contribution in [0.4, 0.5) is 20.6 Å². The number of urea groups is 1. The highest BCUT2D eigenvalue weighted by Gasteiger charge is 2.40. The maximum Gasteiger partial charge on any atom is 0.372 e. The summed E-state index contributed by atoms with van der Waals surface area (Å²) in [5, 5.41) is 15.0. The van der Waals surface area contributed by atoms with Gasteiger partial charge < -0.3 is 25.4 Å². The molecule has 0 spiro atoms. The van der Waals surface area contributed by atoms with E-state index < -0.39 is 29.8 Å². The number of anilines is 2. The number of nitrogens with zero attached hydrogens (tertiary/aromatic N) is 3. The summed E-state index contributed by atoms with van der Waals surface area (Å²) >= 11 is 5.87. The fraction of sp³-hybridized carbons (Fsp3) is 0.217. The number of amides is 3. The van der Waals surface area contributed by atoms with E-state index in [0.717, 1.165) is 6.07 Å². The first-order valence-electron chi connectivity index (χ1n) is 10.5. The molecule has 0 saturated carbocycles. The van der Waals surface area contributed by atoms with E-state index >= 15 is 0 Å². The lowest BCUT2D eigenvalue weighted by Gasteiger charge is -2.24. The van der Waals surface area contributed by atoms with Gasteiger partial charge in [-0.05, 0) is 36.4 Å². The third kappa shape index (κ3) is 5.26. The van der Waals surface area contributed by atoms with Gasteiger partial charge in [0.05, 0.1) is 17.5 Å². The number of carbonyl (C=O) groups is 3. The largest absolute Gasteiger partial charge is 0.475 e. The number of likely N-dealkylation sites (tertiary alicyclic amines) is 1. The van der Waals surface area contributed by atoms with E-state index in [0.29, 0.717) is 10.7 Å². The minimum atomic E-state index is -1.27. The summed E-state index contributed by atoms with van der Waals surface area (Å²) in [6.45, 7) is 0.175. The van der Waals surface area contributed by atoms with Crippen LogP contribution in [0.2, 0.25) is 5.02 Å². The molecule has 2 atom stereocenters. The minimum absolute atomic E-state index is 0.116. The molecule has 1 aliphatic rings. The quantitative estimate of drug-likeness (QED) is 0.473. The van der Waals surface area contributed by atoms with E-state index in [4.69, 9.17) is 16.3 Å². The molecule has 4 rings (SSSR count). The van der Waals surface area contributed by atoms with E-state index in [1.807, 2.05) is 0 Å². The third-order valence-electron chi connectivity index (χ3n) is 5.58. The number of aromatic nitrogens is 2. The predicted molar refractivity (Wildman–Crippen MR) is 125 cm³/mol. The lowest BCUT2D eigenvalue weighted by atomic mass is 10.1. The third-order valence-corrected chi connectivity index (χ3v) is 5.83. The van der Waals surface area contributed by atoms with Crippen LogP contribution in [0.25, 0.3) is 5.69 Å². The Kier molecular flexibility index (Phi) is 6.99. The van der Waals surface area contributed by atoms with E-state index in [9.17, 15) is 23.9 Å². The minimum Gasteiger partial charge on any atom is -0.475 e. The Morgan fingerprint density at radius 1 is 1.17 bits per heavy atom. The number of hydrogen-bond acceptors (Lipinski definition) is 5. The maximum absolute atomic E-state index is 14.8. The molecule has 3 N–H and O–H groups in total. The Bertz CT molecular complexity index is 1270. The molecule has 2 unspecified atom stereocenters. The Morgan fingerprint density at radius 3 is 2.57 bits per heavy atom. The van der Waals surface area contributed by atoms with E-state index in [-0.39, 0.29) is 36.3 Å². The number of benzene rings is 2. The molecular formula is C23H21ClFN5O5. The van der Waals surface area contributed by atoms with Crippen LogP contribution < -0.4 is 10.6 Å². The number of imidazole rings is 1. The Hall–Kier alpha value is -3.96. The van der Waals surface area contributed by atoms with Crippen molar-refractivity contribution in [3.63, 3.8) is 0 Å². The van der Waals surface area contributed by atoms with Crippen molar-refractivity contribution in [3.05, 3.63) is 71.5 Å². The number of ether oxygens (including phenoxy) is 1. The topological polar surface area (TPSA) is 126 Å². The van der Waals surface area contributed by atoms with Gasteiger partial charge in [0.1, 0.15) is 11.9 Å². The summed E-state index contributed by atoms with van der Waals surface area (Å²) < 4.78 is 21.4. The lowest BCUT2D eigenvalue weighted by Crippen LogP contribution is -2.45. The van der Waals surface area contributed by atoms with Gasteiger partial charge in [0.25, 0.3) is 0 Å². The summed E-state index contributed by atoms with van der Waals surface area (Å²) in [5.41, 5.74) is 0.607. The summed E-state index contributed by atoms with van der Waals surface area (Å²) in [4.78, 5) is 42.2. The average Bonchev–Trinajstić information content (AvgIpc) is 3.49. The number of carboxylic acid groups (broad SMARTS) is 1. The number of carboxylic acids is 1. The number of carbonyl (C=O) groups excluding carboxylic acids is 2. The van der Waals surface area contributed by atoms with Crippen LogP contribution in [-0.2, 0) is 9.53 Å². The second kappa shape index (κ2) is 10.1. The highest BCUT2D eigenvalue weighted by atomic mass is 35.5. The SMILES string of the molecule is COC1CC(C(=O)Nc2ccc(-n3ccnc3C(=O)O)cc2F)N(C(=O)Nc2ccc(Cl)cc2)C1. The van der Waals surface area contributed by atoms with Crippen molar-refractivity contribution < 1.29 is 28.6 Å². The summed E-state index contributed by atoms with van der Waals surface area (Å²) in [7, 11) is 1.49. The van der Waals surface area contributed by atoms with Crippen LogP contribution in [0.15, 0.2) is 54.9 Å². The average molecular weight is 502 g/mol. The molecule has 1 saturated heterocycles. The molecule has 182 valence electrons. The van der Waals surface area contributed by atoms with E-state index in [1.54, 1.807) is 24.3 Å². The molecule has 2 aromatic carbocycles. The molecule has 0 radical (unpaired) electrons. The zero-order valence-electron chi connectivity index (χ0n) is 18.4. The predicted octanol–water partition coefficient (Wildman–Crippen LogP) is 3.62. The molecule has 35 heavy (non-hydrogen) atoms. The first kappa shape index (κ1) is 24.2. The molecule has 1 aliphatic heterocycles. The number of nitrogens with one attached hydrogen (secondary N) is 2. The summed E-state index contributed by atoms with van der Waals surface area (Å²) in [5.74, 6) is -2.91. The van der Waals surface area contributed by atoms with Crippen LogP contribution >= 0.6 is 11.6 Å². The van der Waals surface area contributed by atoms with Gasteiger partial charge in [-0.1, -0.05) is 11.6 Å². The van der Waals surface area contributed by atoms with E-state index in [2.05, 4.69) is 15.6 Å². The van der Waals surface area contributed by atoms with E-state index in [1.165, 1.54) is 41.1 Å². The van der Waals surface area contributed by atoms with Crippen LogP contribution in [0, 0.1) is 5.82 Å². The van der Waals surface area contributed by atoms with Gasteiger partial charge in [0.15, 0.2) is 0 Å². The Balaban J connectivity index is 1.50. The number of halogens is 2. The van der Waals surface area contributed by atoms with Crippen molar-refractivity contribution in [3.8, 4) is 5.69 Å². The second-order valence-corrected chi connectivity index (χ2v) is 8.21. The highest BCUT2D eigenvalue weighted by Crippen LogP contribution is 2.25. The number of methoxy groups -OCH3 is 1. The van der Waals surface area contributed by atoms with Crippen LogP contribution in [-0.4, -0.2) is 63.3 Å². The lowest BCUT2D eigenvalue weighted by molar-refractivity contribution is -0.119. The molecule has 3 amide bonds. The zero-order valence-corrected chi connectivity index (χ0v) is 19.2. The van der Waals surface area contributed by atoms with Crippen molar-refractivity contribution in [2.75, 3.05) is 24.3 Å². The standard InChI is InChI=1S/C23H21ClFN5O5/c1-35-16-11-19(30(12-16)23(34)27-14-4-2-13(24)3-5-14)21(31)28-18-7-6-15(10-17(18)25)29-9-8-26-20(29)22(32)33/h2-10,16,19H,11-12H2,1H3,(H,27,34)(H,28,31)(H,32,33). The molecule has 0 aliphatic carbocycles. The van der Waals surface area contributed by atoms with Gasteiger partial charge in [-0.3, -0.25) is 9.36 Å². The zero-order chi connectivity index (χ0) is 25.1. The van der Waals surface area contributed by atoms with Crippen LogP contribution in [0.1, 0.15) is 17.0 Å². The van der Waals surface area contributed by atoms with Crippen molar-refractivity contribution in [1.82, 2.24) is 14.5 Å². The Labute approximate surface area is 204 Å². The number of hydrogen-bond donors (Lipinski definition) is 3. The van der Waals surface area contributed by atoms with Crippen molar-refractivity contribution in [2.24, 2.45) is 0 Å². The van der Waals surface area contributed by atoms with Crippen molar-refractivity contribution in [2.45, 2.75) is 18.6 Å². The summed E-state index contributed by atoms with van der Waals surface area (Å²) in [6, 6.07) is 8.94. The fourth-order valence-corrected chi connectivity index (χ4v) is 3.94. The highest BCUT2D eigenvalue weighted by molar-refractivity contribution is 6.30. The monoisotopic (exact) mass is 501 g/mol. The summed E-state index contributed by atoms with van der Waals surface area (Å²) in [6.07, 6.45) is 2.53. The molecule has 3 aromatic rings. The van der Waals surface area contributed by atoms with Crippen LogP contribution in [0.3, 0.4) is 0 Å². The first-order chi connectivity index (χ1) is 16.8. The Morgan fingerprint density at radius 2 is 1.91 bits per heavy atom. The first-order valence-corrected chi connectivity index (χ1v) is 10.9. The van der Waals surface area contributed by atoms with Gasteiger partial charge in [-0.25, -0.2) is 19.0 Å². The van der Waals surface area contributed by atoms with Gasteiger partial charge in [-0.15, -0.1) is 0 Å². The molecule has 12 heteroatoms. The molecule has 1 aromatic heterocycles. The normalized spacial score (nSPS) is 17.3. The van der Waals surface area contributed by atoms with Gasteiger partial charge in [-0.2, -0.15) is 0 Å². The second-order valence-electron chi connectivity index (χ2n) is 7.78.